The molecule has 4 aromatic rings. The molecule has 1 saturated heterocycles. The Balaban J connectivity index is 1.35. The van der Waals surface area contributed by atoms with Gasteiger partial charge in [-0.15, -0.1) is 15.3 Å². The van der Waals surface area contributed by atoms with E-state index in [-0.39, 0.29) is 5.69 Å². The molecule has 0 amide bonds. The monoisotopic (exact) mass is 417 g/mol. The summed E-state index contributed by atoms with van der Waals surface area (Å²) in [5, 5.41) is 23.5. The van der Waals surface area contributed by atoms with Gasteiger partial charge in [0.05, 0.1) is 4.92 Å². The minimum atomic E-state index is -0.412. The van der Waals surface area contributed by atoms with Crippen LogP contribution in [0.2, 0.25) is 0 Å². The average Bonchev–Trinajstić information content (AvgIpc) is 3.27. The topological polar surface area (TPSA) is 118 Å². The predicted molar refractivity (Wildman–Crippen MR) is 114 cm³/mol. The normalized spacial score (nSPS) is 14.2. The number of hydrogen-bond donors (Lipinski definition) is 0. The van der Waals surface area contributed by atoms with Gasteiger partial charge < -0.3 is 9.80 Å². The molecule has 11 heteroatoms. The van der Waals surface area contributed by atoms with E-state index < -0.39 is 4.92 Å². The fourth-order valence-corrected chi connectivity index (χ4v) is 3.65. The molecule has 5 rings (SSSR count). The second-order valence-electron chi connectivity index (χ2n) is 7.30. The number of nitro groups is 1. The van der Waals surface area contributed by atoms with Gasteiger partial charge in [-0.05, 0) is 19.1 Å². The van der Waals surface area contributed by atoms with Crippen LogP contribution in [-0.4, -0.2) is 60.9 Å². The molecule has 0 N–H and O–H groups in total. The molecule has 1 aliphatic heterocycles. The zero-order valence-electron chi connectivity index (χ0n) is 16.8. The molecule has 31 heavy (non-hydrogen) atoms. The van der Waals surface area contributed by atoms with Gasteiger partial charge in [-0.3, -0.25) is 10.1 Å². The Bertz CT molecular complexity index is 1260. The number of anilines is 2. The Morgan fingerprint density at radius 2 is 1.74 bits per heavy atom. The minimum Gasteiger partial charge on any atom is -0.353 e. The predicted octanol–water partition coefficient (Wildman–Crippen LogP) is 2.12. The molecule has 0 unspecified atom stereocenters. The first-order valence-corrected chi connectivity index (χ1v) is 9.84. The number of aromatic nitrogens is 6. The molecule has 0 spiro atoms. The number of nitro benzene ring substituents is 1. The summed E-state index contributed by atoms with van der Waals surface area (Å²) in [7, 11) is 0. The Hall–Kier alpha value is -4.15. The Morgan fingerprint density at radius 3 is 2.52 bits per heavy atom. The van der Waals surface area contributed by atoms with Gasteiger partial charge in [-0.2, -0.15) is 4.52 Å². The number of hydrogen-bond acceptors (Lipinski definition) is 9. The van der Waals surface area contributed by atoms with Gasteiger partial charge in [-0.25, -0.2) is 9.97 Å². The Kier molecular flexibility index (Phi) is 4.62. The summed E-state index contributed by atoms with van der Waals surface area (Å²) in [6.45, 7) is 5.02. The molecule has 0 bridgehead atoms. The molecule has 3 aromatic heterocycles. The maximum atomic E-state index is 11.1. The van der Waals surface area contributed by atoms with Gasteiger partial charge in [0.15, 0.2) is 11.5 Å². The molecule has 1 fully saturated rings. The highest BCUT2D eigenvalue weighted by Crippen LogP contribution is 2.25. The van der Waals surface area contributed by atoms with Gasteiger partial charge in [0.25, 0.3) is 5.69 Å². The fourth-order valence-electron chi connectivity index (χ4n) is 3.65. The Labute approximate surface area is 177 Å². The lowest BCUT2D eigenvalue weighted by Gasteiger charge is -2.36. The van der Waals surface area contributed by atoms with E-state index in [0.29, 0.717) is 17.0 Å². The van der Waals surface area contributed by atoms with Crippen molar-refractivity contribution in [1.82, 2.24) is 29.8 Å². The summed E-state index contributed by atoms with van der Waals surface area (Å²) >= 11 is 0. The van der Waals surface area contributed by atoms with Crippen LogP contribution in [0.15, 0.2) is 48.8 Å². The van der Waals surface area contributed by atoms with E-state index >= 15 is 0 Å². The smallest absolute Gasteiger partial charge is 0.270 e. The molecule has 0 atom stereocenters. The number of benzene rings is 1. The van der Waals surface area contributed by atoms with Gasteiger partial charge in [0.2, 0.25) is 0 Å². The molecule has 11 nitrogen and oxygen atoms in total. The van der Waals surface area contributed by atoms with E-state index in [1.165, 1.54) is 12.1 Å². The van der Waals surface area contributed by atoms with E-state index in [4.69, 9.17) is 4.98 Å². The first kappa shape index (κ1) is 18.9. The molecule has 156 valence electrons. The highest BCUT2D eigenvalue weighted by Gasteiger charge is 2.21. The van der Waals surface area contributed by atoms with Crippen LogP contribution in [0.3, 0.4) is 0 Å². The van der Waals surface area contributed by atoms with Crippen LogP contribution in [0.25, 0.3) is 17.0 Å². The lowest BCUT2D eigenvalue weighted by Crippen LogP contribution is -2.47. The third-order valence-corrected chi connectivity index (χ3v) is 5.23. The SMILES string of the molecule is Cc1cc(N2CCN(c3ccc4nncn4n3)CC2)nc(-c2cccc([N+](=O)[O-])c2)n1. The third-order valence-electron chi connectivity index (χ3n) is 5.23. The van der Waals surface area contributed by atoms with E-state index in [1.54, 1.807) is 23.0 Å². The van der Waals surface area contributed by atoms with Crippen molar-refractivity contribution in [3.05, 3.63) is 64.6 Å². The number of aryl methyl sites for hydroxylation is 1. The summed E-state index contributed by atoms with van der Waals surface area (Å²) < 4.78 is 1.67. The maximum absolute atomic E-state index is 11.1. The first-order valence-electron chi connectivity index (χ1n) is 9.84. The van der Waals surface area contributed by atoms with Crippen molar-refractivity contribution in [2.45, 2.75) is 6.92 Å². The molecule has 4 heterocycles. The third kappa shape index (κ3) is 3.72. The van der Waals surface area contributed by atoms with Crippen molar-refractivity contribution >= 4 is 23.0 Å². The number of non-ortho nitro benzene ring substituents is 1. The summed E-state index contributed by atoms with van der Waals surface area (Å²) in [4.78, 5) is 24.3. The van der Waals surface area contributed by atoms with Gasteiger partial charge in [0.1, 0.15) is 18.0 Å². The zero-order chi connectivity index (χ0) is 21.4. The van der Waals surface area contributed by atoms with Gasteiger partial charge >= 0.3 is 0 Å². The van der Waals surface area contributed by atoms with Crippen LogP contribution in [0.1, 0.15) is 5.69 Å². The van der Waals surface area contributed by atoms with Crippen molar-refractivity contribution < 1.29 is 4.92 Å². The van der Waals surface area contributed by atoms with Crippen LogP contribution < -0.4 is 9.80 Å². The second kappa shape index (κ2) is 7.59. The molecule has 0 aliphatic carbocycles. The van der Waals surface area contributed by atoms with E-state index in [0.717, 1.165) is 43.5 Å². The number of nitrogens with zero attached hydrogens (tertiary/aromatic N) is 9. The van der Waals surface area contributed by atoms with Crippen molar-refractivity contribution in [1.29, 1.82) is 0 Å². The molecular weight excluding hydrogens is 398 g/mol. The van der Waals surface area contributed by atoms with E-state index in [1.807, 2.05) is 25.1 Å². The maximum Gasteiger partial charge on any atom is 0.270 e. The molecule has 0 saturated carbocycles. The van der Waals surface area contributed by atoms with Crippen LogP contribution in [0, 0.1) is 17.0 Å². The van der Waals surface area contributed by atoms with Crippen LogP contribution >= 0.6 is 0 Å². The zero-order valence-corrected chi connectivity index (χ0v) is 16.8. The van der Waals surface area contributed by atoms with Gasteiger partial charge in [-0.1, -0.05) is 12.1 Å². The number of fused-ring (bicyclic) bond motifs is 1. The van der Waals surface area contributed by atoms with Crippen molar-refractivity contribution in [3.8, 4) is 11.4 Å². The van der Waals surface area contributed by atoms with Crippen LogP contribution in [-0.2, 0) is 0 Å². The fraction of sp³-hybridized carbons (Fsp3) is 0.250. The largest absolute Gasteiger partial charge is 0.353 e. The van der Waals surface area contributed by atoms with Crippen molar-refractivity contribution in [2.75, 3.05) is 36.0 Å². The minimum absolute atomic E-state index is 0.0235. The summed E-state index contributed by atoms with van der Waals surface area (Å²) in [6.07, 6.45) is 1.59. The van der Waals surface area contributed by atoms with Crippen LogP contribution in [0.5, 0.6) is 0 Å². The highest BCUT2D eigenvalue weighted by molar-refractivity contribution is 5.61. The number of piperazine rings is 1. The number of rotatable bonds is 4. The summed E-state index contributed by atoms with van der Waals surface area (Å²) in [6, 6.07) is 12.2. The Morgan fingerprint density at radius 1 is 0.968 bits per heavy atom. The van der Waals surface area contributed by atoms with Crippen molar-refractivity contribution in [3.63, 3.8) is 0 Å². The molecule has 0 radical (unpaired) electrons. The van der Waals surface area contributed by atoms with E-state index in [2.05, 4.69) is 30.1 Å². The quantitative estimate of drug-likeness (QED) is 0.363. The lowest BCUT2D eigenvalue weighted by atomic mass is 10.2. The standard InChI is InChI=1S/C20H19N9O2/c1-14-11-19(23-20(22-14)15-3-2-4-16(12-15)29(30)31)27-9-7-26(8-10-27)18-6-5-17-24-21-13-28(17)25-18/h2-6,11-13H,7-10H2,1H3. The summed E-state index contributed by atoms with van der Waals surface area (Å²) in [5.74, 6) is 2.18. The molecule has 1 aliphatic rings. The highest BCUT2D eigenvalue weighted by atomic mass is 16.6. The summed E-state index contributed by atoms with van der Waals surface area (Å²) in [5.41, 5.74) is 2.18. The average molecular weight is 417 g/mol. The van der Waals surface area contributed by atoms with Crippen LogP contribution in [0.4, 0.5) is 17.3 Å². The van der Waals surface area contributed by atoms with Crippen molar-refractivity contribution in [2.24, 2.45) is 0 Å². The second-order valence-corrected chi connectivity index (χ2v) is 7.30. The first-order chi connectivity index (χ1) is 15.1. The molecule has 1 aromatic carbocycles. The lowest BCUT2D eigenvalue weighted by molar-refractivity contribution is -0.384. The molecular formula is C20H19N9O2. The van der Waals surface area contributed by atoms with Gasteiger partial charge in [0, 0.05) is 55.6 Å². The van der Waals surface area contributed by atoms with E-state index in [9.17, 15) is 10.1 Å².